The van der Waals surface area contributed by atoms with Crippen molar-refractivity contribution < 1.29 is 9.53 Å². The summed E-state index contributed by atoms with van der Waals surface area (Å²) in [5.41, 5.74) is 6.92. The van der Waals surface area contributed by atoms with Gasteiger partial charge in [-0.15, -0.1) is 0 Å². The maximum Gasteiger partial charge on any atom is 0.229 e. The molecule has 4 heteroatoms. The van der Waals surface area contributed by atoms with Crippen molar-refractivity contribution in [1.29, 1.82) is 0 Å². The van der Waals surface area contributed by atoms with Crippen molar-refractivity contribution in [3.8, 4) is 5.75 Å². The monoisotopic (exact) mass is 276 g/mol. The van der Waals surface area contributed by atoms with Gasteiger partial charge in [0.1, 0.15) is 5.75 Å². The van der Waals surface area contributed by atoms with Crippen LogP contribution in [0.1, 0.15) is 39.0 Å². The van der Waals surface area contributed by atoms with Gasteiger partial charge >= 0.3 is 0 Å². The molecule has 2 atom stereocenters. The molecule has 1 aliphatic rings. The van der Waals surface area contributed by atoms with E-state index in [2.05, 4.69) is 5.32 Å². The van der Waals surface area contributed by atoms with Gasteiger partial charge in [-0.05, 0) is 44.0 Å². The van der Waals surface area contributed by atoms with Crippen LogP contribution in [0, 0.1) is 5.92 Å². The Bertz CT molecular complexity index is 431. The molecule has 0 spiro atoms. The summed E-state index contributed by atoms with van der Waals surface area (Å²) >= 11 is 0. The third-order valence-corrected chi connectivity index (χ3v) is 3.84. The van der Waals surface area contributed by atoms with Crippen molar-refractivity contribution >= 4 is 11.6 Å². The maximum absolute atomic E-state index is 12.3. The minimum atomic E-state index is -0.0657. The van der Waals surface area contributed by atoms with Crippen molar-refractivity contribution in [2.24, 2.45) is 11.7 Å². The van der Waals surface area contributed by atoms with Gasteiger partial charge in [0.2, 0.25) is 5.91 Å². The third kappa shape index (κ3) is 3.97. The number of hydrogen-bond acceptors (Lipinski definition) is 3. The molecule has 0 saturated heterocycles. The number of nitrogens with two attached hydrogens (primary N) is 1. The van der Waals surface area contributed by atoms with Crippen LogP contribution in [0.2, 0.25) is 0 Å². The number of anilines is 1. The molecule has 3 N–H and O–H groups in total. The minimum Gasteiger partial charge on any atom is -0.494 e. The standard InChI is InChI=1S/C16H24N2O2/c1-2-20-13-10-8-12(9-11-13)18-16(19)14-6-4-3-5-7-15(14)17/h8-11,14-15H,2-7,17H2,1H3,(H,18,19). The zero-order valence-electron chi connectivity index (χ0n) is 12.1. The summed E-state index contributed by atoms with van der Waals surface area (Å²) in [7, 11) is 0. The molecular weight excluding hydrogens is 252 g/mol. The quantitative estimate of drug-likeness (QED) is 0.831. The molecule has 1 saturated carbocycles. The van der Waals surface area contributed by atoms with E-state index < -0.39 is 0 Å². The molecule has 0 aliphatic heterocycles. The molecular formula is C16H24N2O2. The Morgan fingerprint density at radius 3 is 2.65 bits per heavy atom. The van der Waals surface area contributed by atoms with Crippen LogP contribution >= 0.6 is 0 Å². The van der Waals surface area contributed by atoms with E-state index in [4.69, 9.17) is 10.5 Å². The van der Waals surface area contributed by atoms with E-state index in [0.717, 1.165) is 37.1 Å². The molecule has 110 valence electrons. The zero-order chi connectivity index (χ0) is 14.4. The molecule has 20 heavy (non-hydrogen) atoms. The van der Waals surface area contributed by atoms with E-state index in [9.17, 15) is 4.79 Å². The number of nitrogens with one attached hydrogen (secondary N) is 1. The minimum absolute atomic E-state index is 0.0137. The van der Waals surface area contributed by atoms with Crippen molar-refractivity contribution in [1.82, 2.24) is 0 Å². The largest absolute Gasteiger partial charge is 0.494 e. The van der Waals surface area contributed by atoms with Gasteiger partial charge in [0.25, 0.3) is 0 Å². The highest BCUT2D eigenvalue weighted by molar-refractivity contribution is 5.93. The van der Waals surface area contributed by atoms with E-state index >= 15 is 0 Å². The second-order valence-electron chi connectivity index (χ2n) is 5.35. The second kappa shape index (κ2) is 7.29. The Kier molecular flexibility index (Phi) is 5.41. The first kappa shape index (κ1) is 14.9. The molecule has 1 aromatic carbocycles. The molecule has 0 heterocycles. The molecule has 0 aromatic heterocycles. The first-order valence-corrected chi connectivity index (χ1v) is 7.50. The number of benzene rings is 1. The fourth-order valence-corrected chi connectivity index (χ4v) is 2.70. The summed E-state index contributed by atoms with van der Waals surface area (Å²) in [6.07, 6.45) is 5.25. The summed E-state index contributed by atoms with van der Waals surface area (Å²) in [5.74, 6) is 0.796. The lowest BCUT2D eigenvalue weighted by Crippen LogP contribution is -2.37. The van der Waals surface area contributed by atoms with E-state index in [1.807, 2.05) is 31.2 Å². The average Bonchev–Trinajstić information content (AvgIpc) is 2.66. The highest BCUT2D eigenvalue weighted by atomic mass is 16.5. The molecule has 1 fully saturated rings. The maximum atomic E-state index is 12.3. The third-order valence-electron chi connectivity index (χ3n) is 3.84. The number of amides is 1. The van der Waals surface area contributed by atoms with Gasteiger partial charge in [-0.25, -0.2) is 0 Å². The summed E-state index contributed by atoms with van der Waals surface area (Å²) in [6.45, 7) is 2.59. The Balaban J connectivity index is 1.95. The van der Waals surface area contributed by atoms with E-state index in [1.54, 1.807) is 0 Å². The lowest BCUT2D eigenvalue weighted by Gasteiger charge is -2.20. The van der Waals surface area contributed by atoms with E-state index in [1.165, 1.54) is 6.42 Å². The first-order chi connectivity index (χ1) is 9.70. The normalized spacial score (nSPS) is 22.9. The van der Waals surface area contributed by atoms with Gasteiger partial charge in [0, 0.05) is 11.7 Å². The van der Waals surface area contributed by atoms with Crippen LogP contribution in [0.5, 0.6) is 5.75 Å². The first-order valence-electron chi connectivity index (χ1n) is 7.50. The molecule has 0 radical (unpaired) electrons. The molecule has 2 unspecified atom stereocenters. The van der Waals surface area contributed by atoms with Gasteiger partial charge in [0.15, 0.2) is 0 Å². The molecule has 1 aromatic rings. The van der Waals surface area contributed by atoms with Crippen molar-refractivity contribution in [3.63, 3.8) is 0 Å². The molecule has 2 rings (SSSR count). The smallest absolute Gasteiger partial charge is 0.229 e. The topological polar surface area (TPSA) is 64.3 Å². The average molecular weight is 276 g/mol. The van der Waals surface area contributed by atoms with Crippen molar-refractivity contribution in [2.75, 3.05) is 11.9 Å². The van der Waals surface area contributed by atoms with Crippen LogP contribution in [-0.2, 0) is 4.79 Å². The van der Waals surface area contributed by atoms with Crippen LogP contribution in [0.15, 0.2) is 24.3 Å². The molecule has 1 aliphatic carbocycles. The lowest BCUT2D eigenvalue weighted by molar-refractivity contribution is -0.120. The highest BCUT2D eigenvalue weighted by Gasteiger charge is 2.26. The molecule has 1 amide bonds. The SMILES string of the molecule is CCOc1ccc(NC(=O)C2CCCCCC2N)cc1. The van der Waals surface area contributed by atoms with Gasteiger partial charge < -0.3 is 15.8 Å². The van der Waals surface area contributed by atoms with E-state index in [0.29, 0.717) is 6.61 Å². The summed E-state index contributed by atoms with van der Waals surface area (Å²) in [5, 5.41) is 2.96. The van der Waals surface area contributed by atoms with Crippen LogP contribution in [0.4, 0.5) is 5.69 Å². The lowest BCUT2D eigenvalue weighted by atomic mass is 9.94. The highest BCUT2D eigenvalue weighted by Crippen LogP contribution is 2.24. The van der Waals surface area contributed by atoms with Crippen molar-refractivity contribution in [2.45, 2.75) is 45.1 Å². The Morgan fingerprint density at radius 1 is 1.25 bits per heavy atom. The molecule has 4 nitrogen and oxygen atoms in total. The second-order valence-corrected chi connectivity index (χ2v) is 5.35. The predicted molar refractivity (Wildman–Crippen MR) is 80.8 cm³/mol. The fraction of sp³-hybridized carbons (Fsp3) is 0.562. The number of carbonyl (C=O) groups excluding carboxylic acids is 1. The van der Waals surface area contributed by atoms with Crippen molar-refractivity contribution in [3.05, 3.63) is 24.3 Å². The summed E-state index contributed by atoms with van der Waals surface area (Å²) in [4.78, 5) is 12.3. The Morgan fingerprint density at radius 2 is 1.95 bits per heavy atom. The fourth-order valence-electron chi connectivity index (χ4n) is 2.70. The number of ether oxygens (including phenoxy) is 1. The predicted octanol–water partition coefficient (Wildman–Crippen LogP) is 2.93. The van der Waals surface area contributed by atoms with Gasteiger partial charge in [0.05, 0.1) is 12.5 Å². The number of hydrogen-bond donors (Lipinski definition) is 2. The number of carbonyl (C=O) groups is 1. The zero-order valence-corrected chi connectivity index (χ0v) is 12.1. The van der Waals surface area contributed by atoms with Gasteiger partial charge in [-0.3, -0.25) is 4.79 Å². The molecule has 0 bridgehead atoms. The van der Waals surface area contributed by atoms with Crippen LogP contribution in [0.3, 0.4) is 0 Å². The van der Waals surface area contributed by atoms with Crippen LogP contribution in [0.25, 0.3) is 0 Å². The Hall–Kier alpha value is -1.55. The van der Waals surface area contributed by atoms with Gasteiger partial charge in [-0.2, -0.15) is 0 Å². The number of rotatable bonds is 4. The van der Waals surface area contributed by atoms with E-state index in [-0.39, 0.29) is 17.9 Å². The Labute approximate surface area is 120 Å². The van der Waals surface area contributed by atoms with Crippen LogP contribution < -0.4 is 15.8 Å². The summed E-state index contributed by atoms with van der Waals surface area (Å²) in [6, 6.07) is 7.45. The van der Waals surface area contributed by atoms with Gasteiger partial charge in [-0.1, -0.05) is 19.3 Å². The van der Waals surface area contributed by atoms with Crippen LogP contribution in [-0.4, -0.2) is 18.6 Å². The summed E-state index contributed by atoms with van der Waals surface area (Å²) < 4.78 is 5.38.